The van der Waals surface area contributed by atoms with Gasteiger partial charge in [0, 0.05) is 22.3 Å². The molecule has 0 radical (unpaired) electrons. The normalized spacial score (nSPS) is 18.5. The van der Waals surface area contributed by atoms with Crippen molar-refractivity contribution in [3.8, 4) is 11.5 Å². The lowest BCUT2D eigenvalue weighted by Gasteiger charge is -2.28. The third kappa shape index (κ3) is 4.22. The molecule has 0 saturated heterocycles. The van der Waals surface area contributed by atoms with Crippen LogP contribution < -0.4 is 20.2 Å². The highest BCUT2D eigenvalue weighted by molar-refractivity contribution is 6.30. The molecule has 2 aliphatic heterocycles. The summed E-state index contributed by atoms with van der Waals surface area (Å²) in [4.78, 5) is 13.0. The summed E-state index contributed by atoms with van der Waals surface area (Å²) >= 11 is 6.02. The molecule has 2 amide bonds. The number of hydrazine groups is 1. The van der Waals surface area contributed by atoms with Crippen molar-refractivity contribution in [1.82, 2.24) is 10.4 Å². The third-order valence-corrected chi connectivity index (χ3v) is 5.55. The molecule has 1 atom stereocenters. The van der Waals surface area contributed by atoms with Gasteiger partial charge in [-0.1, -0.05) is 54.1 Å². The standard InChI is InChI=1S/C24H17ClF3N3O3/c25-16-8-6-15(7-9-16)21-18(14-4-2-1-3-5-14)13-31(30-21)23(32)29-17-10-11-19-20(12-17)33-22(26)24(27,28)34-19/h1-12,22,30H,13H2,(H,29,32). The van der Waals surface area contributed by atoms with E-state index in [1.807, 2.05) is 42.5 Å². The van der Waals surface area contributed by atoms with Crippen LogP contribution in [0.1, 0.15) is 11.1 Å². The Morgan fingerprint density at radius 3 is 2.50 bits per heavy atom. The van der Waals surface area contributed by atoms with E-state index in [4.69, 9.17) is 11.6 Å². The van der Waals surface area contributed by atoms with Crippen molar-refractivity contribution in [1.29, 1.82) is 0 Å². The van der Waals surface area contributed by atoms with Gasteiger partial charge >= 0.3 is 18.5 Å². The zero-order chi connectivity index (χ0) is 23.9. The van der Waals surface area contributed by atoms with E-state index in [2.05, 4.69) is 20.2 Å². The molecule has 2 heterocycles. The van der Waals surface area contributed by atoms with Crippen LogP contribution in [0.3, 0.4) is 0 Å². The lowest BCUT2D eigenvalue weighted by atomic mass is 10.0. The number of fused-ring (bicyclic) bond motifs is 1. The van der Waals surface area contributed by atoms with Gasteiger partial charge < -0.3 is 14.8 Å². The van der Waals surface area contributed by atoms with Gasteiger partial charge in [0.25, 0.3) is 0 Å². The maximum absolute atomic E-state index is 13.5. The maximum atomic E-state index is 13.5. The van der Waals surface area contributed by atoms with E-state index in [1.54, 1.807) is 12.1 Å². The van der Waals surface area contributed by atoms with Crippen molar-refractivity contribution in [3.63, 3.8) is 0 Å². The summed E-state index contributed by atoms with van der Waals surface area (Å²) in [6.07, 6.45) is -7.04. The van der Waals surface area contributed by atoms with Crippen LogP contribution in [-0.4, -0.2) is 30.1 Å². The number of nitrogens with zero attached hydrogens (tertiary/aromatic N) is 1. The number of ether oxygens (including phenoxy) is 2. The van der Waals surface area contributed by atoms with Crippen molar-refractivity contribution < 1.29 is 27.4 Å². The predicted octanol–water partition coefficient (Wildman–Crippen LogP) is 5.92. The van der Waals surface area contributed by atoms with E-state index >= 15 is 0 Å². The van der Waals surface area contributed by atoms with Crippen LogP contribution in [0.15, 0.2) is 72.8 Å². The molecule has 10 heteroatoms. The number of hydrogen-bond donors (Lipinski definition) is 2. The fraction of sp³-hybridized carbons (Fsp3) is 0.125. The fourth-order valence-corrected chi connectivity index (χ4v) is 3.78. The number of rotatable bonds is 3. The second kappa shape index (κ2) is 8.49. The average molecular weight is 488 g/mol. The topological polar surface area (TPSA) is 62.8 Å². The van der Waals surface area contributed by atoms with Crippen LogP contribution >= 0.6 is 11.6 Å². The van der Waals surface area contributed by atoms with E-state index in [0.29, 0.717) is 5.02 Å². The molecule has 0 aliphatic carbocycles. The predicted molar refractivity (Wildman–Crippen MR) is 121 cm³/mol. The number of halogens is 4. The van der Waals surface area contributed by atoms with Crippen molar-refractivity contribution >= 4 is 34.6 Å². The van der Waals surface area contributed by atoms with Gasteiger partial charge in [0.1, 0.15) is 0 Å². The fourth-order valence-electron chi connectivity index (χ4n) is 3.66. The summed E-state index contributed by atoms with van der Waals surface area (Å²) in [5.74, 6) is -0.565. The maximum Gasteiger partial charge on any atom is 0.468 e. The second-order valence-corrected chi connectivity index (χ2v) is 8.05. The Morgan fingerprint density at radius 1 is 1.03 bits per heavy atom. The summed E-state index contributed by atoms with van der Waals surface area (Å²) in [6.45, 7) is 0.247. The quantitative estimate of drug-likeness (QED) is 0.481. The Kier molecular flexibility index (Phi) is 5.49. The summed E-state index contributed by atoms with van der Waals surface area (Å²) in [7, 11) is 0. The van der Waals surface area contributed by atoms with E-state index in [0.717, 1.165) is 22.4 Å². The minimum Gasteiger partial charge on any atom is -0.447 e. The highest BCUT2D eigenvalue weighted by Gasteiger charge is 2.49. The summed E-state index contributed by atoms with van der Waals surface area (Å²) in [5.41, 5.74) is 6.74. The monoisotopic (exact) mass is 487 g/mol. The number of hydrogen-bond acceptors (Lipinski definition) is 4. The molecule has 3 aromatic rings. The highest BCUT2D eigenvalue weighted by Crippen LogP contribution is 2.42. The van der Waals surface area contributed by atoms with Crippen LogP contribution in [0.2, 0.25) is 5.02 Å². The van der Waals surface area contributed by atoms with Gasteiger partial charge in [-0.2, -0.15) is 13.2 Å². The minimum atomic E-state index is -4.09. The zero-order valence-electron chi connectivity index (χ0n) is 17.4. The van der Waals surface area contributed by atoms with Gasteiger partial charge in [-0.15, -0.1) is 0 Å². The van der Waals surface area contributed by atoms with Gasteiger partial charge in [0.15, 0.2) is 11.5 Å². The number of benzene rings is 3. The van der Waals surface area contributed by atoms with Crippen LogP contribution in [0, 0.1) is 0 Å². The van der Waals surface area contributed by atoms with Crippen molar-refractivity contribution in [3.05, 3.63) is 88.9 Å². The summed E-state index contributed by atoms with van der Waals surface area (Å²) in [6, 6.07) is 20.0. The number of anilines is 1. The first kappa shape index (κ1) is 22.0. The number of carbonyl (C=O) groups excluding carboxylic acids is 1. The number of amides is 2. The number of carbonyl (C=O) groups is 1. The van der Waals surface area contributed by atoms with Gasteiger partial charge in [-0.25, -0.2) is 9.80 Å². The molecule has 0 saturated carbocycles. The number of nitrogens with one attached hydrogen (secondary N) is 2. The molecule has 34 heavy (non-hydrogen) atoms. The molecule has 1 unspecified atom stereocenters. The van der Waals surface area contributed by atoms with Crippen LogP contribution in [0.25, 0.3) is 11.3 Å². The van der Waals surface area contributed by atoms with Crippen LogP contribution in [-0.2, 0) is 0 Å². The Hall–Kier alpha value is -3.85. The Morgan fingerprint density at radius 2 is 1.76 bits per heavy atom. The summed E-state index contributed by atoms with van der Waals surface area (Å²) in [5, 5.41) is 4.61. The first-order valence-electron chi connectivity index (χ1n) is 10.2. The van der Waals surface area contributed by atoms with E-state index in [9.17, 15) is 18.0 Å². The molecule has 0 bridgehead atoms. The molecule has 0 spiro atoms. The molecule has 0 fully saturated rings. The molecular formula is C24H17ClF3N3O3. The van der Waals surface area contributed by atoms with Crippen molar-refractivity contribution in [2.45, 2.75) is 12.5 Å². The van der Waals surface area contributed by atoms with Crippen LogP contribution in [0.4, 0.5) is 23.7 Å². The SMILES string of the molecule is O=C(Nc1ccc2c(c1)OC(F)C(F)(F)O2)N1CC(c2ccccc2)=C(c2ccc(Cl)cc2)N1. The second-order valence-electron chi connectivity index (χ2n) is 7.61. The largest absolute Gasteiger partial charge is 0.468 e. The average Bonchev–Trinajstić information content (AvgIpc) is 3.27. The van der Waals surface area contributed by atoms with Crippen molar-refractivity contribution in [2.75, 3.05) is 11.9 Å². The first-order valence-corrected chi connectivity index (χ1v) is 10.6. The smallest absolute Gasteiger partial charge is 0.447 e. The highest BCUT2D eigenvalue weighted by atomic mass is 35.5. The molecule has 5 rings (SSSR count). The Bertz CT molecular complexity index is 1270. The molecule has 2 aliphatic rings. The summed E-state index contributed by atoms with van der Waals surface area (Å²) < 4.78 is 49.1. The van der Waals surface area contributed by atoms with Gasteiger partial charge in [-0.05, 0) is 35.4 Å². The third-order valence-electron chi connectivity index (χ3n) is 5.30. The Labute approximate surface area is 197 Å². The molecule has 6 nitrogen and oxygen atoms in total. The van der Waals surface area contributed by atoms with E-state index in [-0.39, 0.29) is 23.7 Å². The first-order chi connectivity index (χ1) is 16.3. The number of urea groups is 1. The zero-order valence-corrected chi connectivity index (χ0v) is 18.2. The molecule has 2 N–H and O–H groups in total. The van der Waals surface area contributed by atoms with Crippen molar-refractivity contribution in [2.24, 2.45) is 0 Å². The van der Waals surface area contributed by atoms with E-state index in [1.165, 1.54) is 23.2 Å². The lowest BCUT2D eigenvalue weighted by molar-refractivity contribution is -0.281. The number of alkyl halides is 3. The Balaban J connectivity index is 1.37. The van der Waals surface area contributed by atoms with Gasteiger partial charge in [0.05, 0.1) is 12.2 Å². The van der Waals surface area contributed by atoms with E-state index < -0.39 is 18.5 Å². The minimum absolute atomic E-state index is 0.216. The molecular weight excluding hydrogens is 471 g/mol. The van der Waals surface area contributed by atoms with Gasteiger partial charge in [-0.3, -0.25) is 5.43 Å². The lowest BCUT2D eigenvalue weighted by Crippen LogP contribution is -2.43. The molecule has 174 valence electrons. The van der Waals surface area contributed by atoms with Crippen LogP contribution in [0.5, 0.6) is 11.5 Å². The molecule has 3 aromatic carbocycles. The van der Waals surface area contributed by atoms with Gasteiger partial charge in [0.2, 0.25) is 0 Å². The molecule has 0 aromatic heterocycles.